The molecule has 1 fully saturated rings. The normalized spacial score (nSPS) is 26.1. The molecule has 0 aliphatic carbocycles. The number of carbonyl (C=O) groups is 1. The molecule has 0 aromatic heterocycles. The smallest absolute Gasteiger partial charge is 0.217 e. The van der Waals surface area contributed by atoms with E-state index in [1.54, 1.807) is 6.92 Å². The van der Waals surface area contributed by atoms with Crippen LogP contribution in [0.25, 0.3) is 0 Å². The predicted octanol–water partition coefficient (Wildman–Crippen LogP) is -0.501. The first-order valence-electron chi connectivity index (χ1n) is 3.19. The maximum Gasteiger partial charge on any atom is 0.217 e. The van der Waals surface area contributed by atoms with Crippen molar-refractivity contribution in [3.8, 4) is 0 Å². The summed E-state index contributed by atoms with van der Waals surface area (Å²) in [5.74, 6) is 0.0529. The van der Waals surface area contributed by atoms with E-state index in [0.29, 0.717) is 6.04 Å². The van der Waals surface area contributed by atoms with Crippen molar-refractivity contribution in [2.75, 3.05) is 13.1 Å². The Labute approximate surface area is 54.8 Å². The largest absolute Gasteiger partial charge is 0.352 e. The van der Waals surface area contributed by atoms with Gasteiger partial charge in [-0.25, -0.2) is 5.32 Å². The van der Waals surface area contributed by atoms with E-state index >= 15 is 0 Å². The van der Waals surface area contributed by atoms with Crippen LogP contribution in [0.4, 0.5) is 0 Å². The molecule has 0 spiro atoms. The van der Waals surface area contributed by atoms with Crippen LogP contribution in [0.2, 0.25) is 0 Å². The predicted molar refractivity (Wildman–Crippen MR) is 34.1 cm³/mol. The molecule has 51 valence electrons. The van der Waals surface area contributed by atoms with Gasteiger partial charge in [0, 0.05) is 26.1 Å². The molecule has 1 amide bonds. The van der Waals surface area contributed by atoms with Gasteiger partial charge in [0.15, 0.2) is 0 Å². The van der Waals surface area contributed by atoms with Gasteiger partial charge in [0.1, 0.15) is 0 Å². The first-order chi connectivity index (χ1) is 4.29. The van der Waals surface area contributed by atoms with Gasteiger partial charge in [-0.3, -0.25) is 4.79 Å². The molecule has 0 bridgehead atoms. The SMILES string of the molecule is CC(=O)NC1CC[N]C1. The van der Waals surface area contributed by atoms with E-state index in [2.05, 4.69) is 10.6 Å². The maximum absolute atomic E-state index is 10.4. The standard InChI is InChI=1S/C6H11N2O/c1-5(9)8-6-2-3-7-4-6/h6H,2-4H2,1H3,(H,8,9). The summed E-state index contributed by atoms with van der Waals surface area (Å²) in [7, 11) is 0. The van der Waals surface area contributed by atoms with Crippen LogP contribution in [-0.4, -0.2) is 25.0 Å². The van der Waals surface area contributed by atoms with Gasteiger partial charge in [-0.15, -0.1) is 0 Å². The number of carbonyl (C=O) groups excluding carboxylic acids is 1. The van der Waals surface area contributed by atoms with E-state index in [9.17, 15) is 4.79 Å². The third kappa shape index (κ3) is 2.01. The number of nitrogens with one attached hydrogen (secondary N) is 1. The molecule has 1 rings (SSSR count). The van der Waals surface area contributed by atoms with Crippen LogP contribution in [-0.2, 0) is 4.79 Å². The molecule has 3 nitrogen and oxygen atoms in total. The Bertz CT molecular complexity index is 108. The lowest BCUT2D eigenvalue weighted by Gasteiger charge is -2.06. The van der Waals surface area contributed by atoms with Gasteiger partial charge in [0.05, 0.1) is 0 Å². The summed E-state index contributed by atoms with van der Waals surface area (Å²) < 4.78 is 0. The molecule has 3 heteroatoms. The molecule has 0 saturated carbocycles. The van der Waals surface area contributed by atoms with E-state index in [1.165, 1.54) is 0 Å². The van der Waals surface area contributed by atoms with E-state index < -0.39 is 0 Å². The van der Waals surface area contributed by atoms with Gasteiger partial charge >= 0.3 is 0 Å². The zero-order chi connectivity index (χ0) is 6.69. The molecule has 1 radical (unpaired) electrons. The zero-order valence-electron chi connectivity index (χ0n) is 5.55. The lowest BCUT2D eigenvalue weighted by atomic mass is 10.3. The topological polar surface area (TPSA) is 43.2 Å². The number of nitrogens with zero attached hydrogens (tertiary/aromatic N) is 1. The van der Waals surface area contributed by atoms with E-state index in [0.717, 1.165) is 19.5 Å². The molecule has 0 aromatic rings. The summed E-state index contributed by atoms with van der Waals surface area (Å²) in [4.78, 5) is 10.4. The highest BCUT2D eigenvalue weighted by molar-refractivity contribution is 5.73. The lowest BCUT2D eigenvalue weighted by Crippen LogP contribution is -2.33. The molecular weight excluding hydrogens is 116 g/mol. The molecule has 1 atom stereocenters. The fraction of sp³-hybridized carbons (Fsp3) is 0.833. The fourth-order valence-corrected chi connectivity index (χ4v) is 0.991. The molecule has 9 heavy (non-hydrogen) atoms. The van der Waals surface area contributed by atoms with E-state index in [4.69, 9.17) is 0 Å². The number of hydrogen-bond acceptors (Lipinski definition) is 1. The Morgan fingerprint density at radius 2 is 2.56 bits per heavy atom. The van der Waals surface area contributed by atoms with Crippen molar-refractivity contribution in [1.82, 2.24) is 10.6 Å². The fourth-order valence-electron chi connectivity index (χ4n) is 0.991. The summed E-state index contributed by atoms with van der Waals surface area (Å²) in [6.45, 7) is 3.25. The van der Waals surface area contributed by atoms with E-state index in [1.807, 2.05) is 0 Å². The van der Waals surface area contributed by atoms with Gasteiger partial charge in [-0.2, -0.15) is 0 Å². The van der Waals surface area contributed by atoms with E-state index in [-0.39, 0.29) is 5.91 Å². The average molecular weight is 127 g/mol. The maximum atomic E-state index is 10.4. The molecule has 0 aromatic carbocycles. The Kier molecular flexibility index (Phi) is 2.05. The molecule has 1 aliphatic heterocycles. The van der Waals surface area contributed by atoms with Crippen LogP contribution in [0.15, 0.2) is 0 Å². The molecular formula is C6H11N2O. The molecule has 1 saturated heterocycles. The Morgan fingerprint density at radius 3 is 3.00 bits per heavy atom. The second-order valence-corrected chi connectivity index (χ2v) is 2.32. The number of hydrogen-bond donors (Lipinski definition) is 1. The van der Waals surface area contributed by atoms with Gasteiger partial charge in [0.25, 0.3) is 0 Å². The van der Waals surface area contributed by atoms with Gasteiger partial charge in [-0.05, 0) is 6.42 Å². The highest BCUT2D eigenvalue weighted by Crippen LogP contribution is 1.97. The Balaban J connectivity index is 2.19. The minimum absolute atomic E-state index is 0.0529. The molecule has 1 heterocycles. The van der Waals surface area contributed by atoms with Gasteiger partial charge in [-0.1, -0.05) is 0 Å². The van der Waals surface area contributed by atoms with Crippen LogP contribution in [0.1, 0.15) is 13.3 Å². The second-order valence-electron chi connectivity index (χ2n) is 2.32. The number of rotatable bonds is 1. The Hall–Kier alpha value is -0.570. The monoisotopic (exact) mass is 127 g/mol. The zero-order valence-corrected chi connectivity index (χ0v) is 5.55. The first-order valence-corrected chi connectivity index (χ1v) is 3.19. The van der Waals surface area contributed by atoms with Crippen molar-refractivity contribution in [2.24, 2.45) is 0 Å². The third-order valence-corrected chi connectivity index (χ3v) is 1.39. The van der Waals surface area contributed by atoms with Crippen LogP contribution in [0, 0.1) is 0 Å². The molecule has 1 unspecified atom stereocenters. The van der Waals surface area contributed by atoms with Crippen molar-refractivity contribution in [1.29, 1.82) is 0 Å². The quantitative estimate of drug-likeness (QED) is 0.507. The summed E-state index contributed by atoms with van der Waals surface area (Å²) in [5, 5.41) is 6.91. The minimum Gasteiger partial charge on any atom is -0.352 e. The summed E-state index contributed by atoms with van der Waals surface area (Å²) in [6.07, 6.45) is 1.01. The summed E-state index contributed by atoms with van der Waals surface area (Å²) >= 11 is 0. The van der Waals surface area contributed by atoms with Crippen molar-refractivity contribution in [3.63, 3.8) is 0 Å². The highest BCUT2D eigenvalue weighted by Gasteiger charge is 2.14. The molecule has 1 aliphatic rings. The van der Waals surface area contributed by atoms with Crippen molar-refractivity contribution < 1.29 is 4.79 Å². The van der Waals surface area contributed by atoms with Crippen LogP contribution in [0.5, 0.6) is 0 Å². The van der Waals surface area contributed by atoms with Gasteiger partial charge in [0.2, 0.25) is 5.91 Å². The third-order valence-electron chi connectivity index (χ3n) is 1.39. The van der Waals surface area contributed by atoms with Crippen molar-refractivity contribution in [2.45, 2.75) is 19.4 Å². The summed E-state index contributed by atoms with van der Waals surface area (Å²) in [5.41, 5.74) is 0. The minimum atomic E-state index is 0.0529. The average Bonchev–Trinajstić information content (AvgIpc) is 2.15. The first kappa shape index (κ1) is 6.55. The Morgan fingerprint density at radius 1 is 1.78 bits per heavy atom. The van der Waals surface area contributed by atoms with Crippen LogP contribution < -0.4 is 10.6 Å². The highest BCUT2D eigenvalue weighted by atomic mass is 16.1. The summed E-state index contributed by atoms with van der Waals surface area (Å²) in [6, 6.07) is 0.322. The number of amides is 1. The van der Waals surface area contributed by atoms with Crippen molar-refractivity contribution in [3.05, 3.63) is 0 Å². The molecule has 1 N–H and O–H groups in total. The van der Waals surface area contributed by atoms with Crippen LogP contribution in [0.3, 0.4) is 0 Å². The van der Waals surface area contributed by atoms with Crippen molar-refractivity contribution >= 4 is 5.91 Å². The van der Waals surface area contributed by atoms with Gasteiger partial charge < -0.3 is 5.32 Å². The van der Waals surface area contributed by atoms with Crippen LogP contribution >= 0.6 is 0 Å². The second kappa shape index (κ2) is 2.82. The lowest BCUT2D eigenvalue weighted by molar-refractivity contribution is -0.119.